The number of furan rings is 4. The molecule has 0 amide bonds. The molecule has 0 aliphatic rings. The Balaban J connectivity index is 0.0000000990. The van der Waals surface area contributed by atoms with Crippen molar-refractivity contribution >= 4 is 174 Å². The van der Waals surface area contributed by atoms with Gasteiger partial charge in [-0.25, -0.2) is 0 Å². The molecule has 4 heteroatoms. The molecule has 120 heavy (non-hydrogen) atoms. The minimum atomic E-state index is 0.849. The molecule has 0 saturated carbocycles. The summed E-state index contributed by atoms with van der Waals surface area (Å²) in [5.41, 5.74) is 24.2. The average Bonchev–Trinajstić information content (AvgIpc) is 1.30. The molecule has 0 bridgehead atoms. The van der Waals surface area contributed by atoms with Crippen molar-refractivity contribution in [3.63, 3.8) is 0 Å². The Labute approximate surface area is 696 Å². The molecular weight excluding hydrogens is 1460 g/mol. The van der Waals surface area contributed by atoms with Crippen molar-refractivity contribution < 1.29 is 17.7 Å². The second-order valence-electron chi connectivity index (χ2n) is 32.0. The van der Waals surface area contributed by atoms with Crippen molar-refractivity contribution in [2.45, 2.75) is 79.1 Å². The van der Waals surface area contributed by atoms with E-state index in [9.17, 15) is 0 Å². The monoisotopic (exact) mass is 1540 g/mol. The van der Waals surface area contributed by atoms with Gasteiger partial charge in [-0.15, -0.1) is 0 Å². The minimum absolute atomic E-state index is 0.849. The second-order valence-corrected chi connectivity index (χ2v) is 32.0. The van der Waals surface area contributed by atoms with E-state index in [1.54, 1.807) is 0 Å². The van der Waals surface area contributed by atoms with E-state index in [-0.39, 0.29) is 0 Å². The largest absolute Gasteiger partial charge is 0.456 e. The van der Waals surface area contributed by atoms with Crippen molar-refractivity contribution in [1.29, 1.82) is 0 Å². The Morgan fingerprint density at radius 1 is 0.158 bits per heavy atom. The van der Waals surface area contributed by atoms with E-state index in [0.717, 1.165) is 96.0 Å². The fourth-order valence-electron chi connectivity index (χ4n) is 20.0. The first-order valence-electron chi connectivity index (χ1n) is 42.6. The summed E-state index contributed by atoms with van der Waals surface area (Å²) in [6.45, 7) is 9.02. The Hall–Kier alpha value is -14.3. The van der Waals surface area contributed by atoms with Crippen molar-refractivity contribution in [3.05, 3.63) is 431 Å². The molecule has 24 rings (SSSR count). The van der Waals surface area contributed by atoms with Crippen molar-refractivity contribution in [3.8, 4) is 0 Å². The Bertz CT molecular complexity index is 7860. The summed E-state index contributed by atoms with van der Waals surface area (Å²) in [6.07, 6.45) is 7.65. The van der Waals surface area contributed by atoms with Crippen LogP contribution in [0.3, 0.4) is 0 Å². The maximum Gasteiger partial charge on any atom is 0.138 e. The van der Waals surface area contributed by atoms with Crippen LogP contribution in [-0.2, 0) is 51.4 Å². The summed E-state index contributed by atoms with van der Waals surface area (Å²) in [5, 5.41) is 31.4. The highest BCUT2D eigenvalue weighted by Crippen LogP contribution is 2.44. The molecule has 4 heterocycles. The molecule has 576 valence electrons. The molecule has 4 nitrogen and oxygen atoms in total. The Kier molecular flexibility index (Phi) is 19.1. The third-order valence-electron chi connectivity index (χ3n) is 25.4. The normalized spacial score (nSPS) is 11.8. The van der Waals surface area contributed by atoms with Crippen LogP contribution in [0.15, 0.2) is 382 Å². The Morgan fingerprint density at radius 3 is 0.817 bits per heavy atom. The number of hydrogen-bond donors (Lipinski definition) is 0. The minimum Gasteiger partial charge on any atom is -0.456 e. The molecule has 4 aromatic heterocycles. The highest BCUT2D eigenvalue weighted by molar-refractivity contribution is 6.14. The standard InChI is InChI=1S/4C29H22O/c1-2-20-21-11-3-5-13-23(21)27(24-14-6-4-12-22(20)24)18-19-10-9-16-26-25-15-7-8-17-28(25)30-29(19)26;1-2-20-21-11-3-5-13-23(21)26(24-14-6-4-12-22(20)24)18-19-10-9-17-28-29(19)25-15-7-8-16-27(25)30-28;1-2-20-21-9-3-5-11-23(21)26(24-12-6-4-10-22(20)24)17-19-15-16-29-27(18-19)25-13-7-8-14-28(25)30-29;1-2-20-21-9-3-5-11-23(21)27(24-12-6-4-10-22(20)24)17-19-15-16-26-25-13-7-8-14-28(25)30-29(26)18-19/h2*3-17H,2,18H2,1H3;2*3-16,18H,2,17H2,1H3. The molecule has 0 fully saturated rings. The number of fused-ring (bicyclic) bond motifs is 20. The van der Waals surface area contributed by atoms with Crippen LogP contribution in [0.5, 0.6) is 0 Å². The van der Waals surface area contributed by atoms with E-state index in [2.05, 4.69) is 355 Å². The van der Waals surface area contributed by atoms with Crippen molar-refractivity contribution in [2.24, 2.45) is 0 Å². The lowest BCUT2D eigenvalue weighted by molar-refractivity contribution is 0.664. The van der Waals surface area contributed by atoms with E-state index in [0.29, 0.717) is 0 Å². The van der Waals surface area contributed by atoms with Gasteiger partial charge >= 0.3 is 0 Å². The summed E-state index contributed by atoms with van der Waals surface area (Å²) in [5.74, 6) is 0. The lowest BCUT2D eigenvalue weighted by Crippen LogP contribution is -1.97. The maximum absolute atomic E-state index is 6.32. The van der Waals surface area contributed by atoms with Gasteiger partial charge in [-0.3, -0.25) is 0 Å². The summed E-state index contributed by atoms with van der Waals surface area (Å²) in [6, 6.07) is 130. The zero-order chi connectivity index (χ0) is 80.3. The van der Waals surface area contributed by atoms with E-state index in [4.69, 9.17) is 17.7 Å². The molecule has 0 aliphatic heterocycles. The van der Waals surface area contributed by atoms with Crippen LogP contribution in [0.1, 0.15) is 94.5 Å². The van der Waals surface area contributed by atoms with Crippen LogP contribution in [0.2, 0.25) is 0 Å². The predicted octanol–water partition coefficient (Wildman–Crippen LogP) is 32.2. The Morgan fingerprint density at radius 2 is 0.408 bits per heavy atom. The van der Waals surface area contributed by atoms with Gasteiger partial charge in [0, 0.05) is 49.5 Å². The smallest absolute Gasteiger partial charge is 0.138 e. The second kappa shape index (κ2) is 31.3. The lowest BCUT2D eigenvalue weighted by Gasteiger charge is -2.16. The van der Waals surface area contributed by atoms with Crippen LogP contribution in [-0.4, -0.2) is 0 Å². The quantitative estimate of drug-likeness (QED) is 0.114. The highest BCUT2D eigenvalue weighted by Gasteiger charge is 2.22. The molecule has 0 saturated heterocycles. The molecule has 0 aliphatic carbocycles. The fraction of sp³-hybridized carbons (Fsp3) is 0.103. The van der Waals surface area contributed by atoms with E-state index >= 15 is 0 Å². The number of benzene rings is 20. The first-order valence-corrected chi connectivity index (χ1v) is 42.6. The zero-order valence-corrected chi connectivity index (χ0v) is 67.9. The van der Waals surface area contributed by atoms with Gasteiger partial charge in [-0.1, -0.05) is 343 Å². The third-order valence-corrected chi connectivity index (χ3v) is 25.4. The van der Waals surface area contributed by atoms with Gasteiger partial charge < -0.3 is 17.7 Å². The van der Waals surface area contributed by atoms with Crippen LogP contribution >= 0.6 is 0 Å². The van der Waals surface area contributed by atoms with E-state index in [1.165, 1.54) is 196 Å². The summed E-state index contributed by atoms with van der Waals surface area (Å²) in [4.78, 5) is 0. The van der Waals surface area contributed by atoms with E-state index < -0.39 is 0 Å². The molecule has 0 radical (unpaired) electrons. The molecule has 0 N–H and O–H groups in total. The van der Waals surface area contributed by atoms with Crippen molar-refractivity contribution in [2.75, 3.05) is 0 Å². The summed E-state index contributed by atoms with van der Waals surface area (Å²) in [7, 11) is 0. The van der Waals surface area contributed by atoms with Gasteiger partial charge in [-0.05, 0) is 246 Å². The van der Waals surface area contributed by atoms with Crippen LogP contribution in [0.25, 0.3) is 174 Å². The number of hydrogen-bond acceptors (Lipinski definition) is 4. The maximum atomic E-state index is 6.32. The highest BCUT2D eigenvalue weighted by atomic mass is 16.3. The van der Waals surface area contributed by atoms with Gasteiger partial charge in [-0.2, -0.15) is 0 Å². The van der Waals surface area contributed by atoms with Gasteiger partial charge in [0.15, 0.2) is 0 Å². The van der Waals surface area contributed by atoms with Gasteiger partial charge in [0.25, 0.3) is 0 Å². The first-order chi connectivity index (χ1) is 59.4. The van der Waals surface area contributed by atoms with Gasteiger partial charge in [0.2, 0.25) is 0 Å². The number of para-hydroxylation sites is 5. The van der Waals surface area contributed by atoms with Crippen LogP contribution < -0.4 is 0 Å². The number of rotatable bonds is 12. The van der Waals surface area contributed by atoms with Gasteiger partial charge in [0.05, 0.1) is 0 Å². The van der Waals surface area contributed by atoms with E-state index in [1.807, 2.05) is 36.4 Å². The summed E-state index contributed by atoms with van der Waals surface area (Å²) >= 11 is 0. The fourth-order valence-corrected chi connectivity index (χ4v) is 20.0. The average molecular weight is 1550 g/mol. The lowest BCUT2D eigenvalue weighted by atomic mass is 9.87. The predicted molar refractivity (Wildman–Crippen MR) is 509 cm³/mol. The van der Waals surface area contributed by atoms with Crippen molar-refractivity contribution in [1.82, 2.24) is 0 Å². The molecule has 0 atom stereocenters. The van der Waals surface area contributed by atoms with Gasteiger partial charge in [0.1, 0.15) is 44.7 Å². The SMILES string of the molecule is CCc1c2ccccc2c(Cc2ccc3c(c2)oc2ccccc23)c2ccccc12.CCc1c2ccccc2c(Cc2ccc3oc4ccccc4c3c2)c2ccccc12.CCc1c2ccccc2c(Cc2cccc3c2oc2ccccc23)c2ccccc12.CCc1c2ccccc2c(Cc2cccc3oc4ccccc4c23)c2ccccc12. The number of aryl methyl sites for hydroxylation is 4. The third kappa shape index (κ3) is 12.8. The molecule has 0 spiro atoms. The molecule has 20 aromatic carbocycles. The molecular formula is C116H88O4. The molecule has 0 unspecified atom stereocenters. The van der Waals surface area contributed by atoms with Crippen LogP contribution in [0, 0.1) is 0 Å². The topological polar surface area (TPSA) is 52.6 Å². The van der Waals surface area contributed by atoms with Crippen LogP contribution in [0.4, 0.5) is 0 Å². The first kappa shape index (κ1) is 73.3. The summed E-state index contributed by atoms with van der Waals surface area (Å²) < 4.78 is 24.6. The zero-order valence-electron chi connectivity index (χ0n) is 67.9. The molecule has 24 aromatic rings.